The highest BCUT2D eigenvalue weighted by Crippen LogP contribution is 2.19. The summed E-state index contributed by atoms with van der Waals surface area (Å²) in [5.74, 6) is -1.42. The van der Waals surface area contributed by atoms with Crippen LogP contribution in [0.3, 0.4) is 0 Å². The Morgan fingerprint density at radius 2 is 1.75 bits per heavy atom. The number of carboxylic acids is 2. The lowest BCUT2D eigenvalue weighted by Crippen LogP contribution is -2.30. The zero-order valence-electron chi connectivity index (χ0n) is 15.4. The van der Waals surface area contributed by atoms with E-state index in [9.17, 15) is 14.4 Å². The number of likely N-dealkylation sites (tertiary alicyclic amines) is 1. The fourth-order valence-electron chi connectivity index (χ4n) is 2.80. The van der Waals surface area contributed by atoms with Crippen molar-refractivity contribution < 1.29 is 24.6 Å². The Morgan fingerprint density at radius 1 is 1.11 bits per heavy atom. The number of aliphatic imine (C=N–C) groups is 1. The molecular formula is C19H24N4O5. The van der Waals surface area contributed by atoms with E-state index in [0.717, 1.165) is 56.1 Å². The predicted molar refractivity (Wildman–Crippen MR) is 105 cm³/mol. The Bertz CT molecular complexity index is 753. The third-order valence-corrected chi connectivity index (χ3v) is 4.11. The number of hydrogen-bond donors (Lipinski definition) is 4. The van der Waals surface area contributed by atoms with Gasteiger partial charge in [-0.3, -0.25) is 9.79 Å². The van der Waals surface area contributed by atoms with E-state index in [0.29, 0.717) is 18.7 Å². The standard InChI is InChI=1S/C15H20N4O.C4H4O4/c20-15(19-9-3-4-10-19)12-5-1-2-6-13(12)18-11-14-16-7-8-17-14;5-3(6)1-2-4(7)8/h1-2,5-6,18H,3-4,7-11H2,(H,16,17);1-2H,(H,5,6)(H,7,8). The van der Waals surface area contributed by atoms with E-state index in [1.54, 1.807) is 0 Å². The van der Waals surface area contributed by atoms with Crippen molar-refractivity contribution in [3.63, 3.8) is 0 Å². The van der Waals surface area contributed by atoms with Crippen molar-refractivity contribution in [3.8, 4) is 0 Å². The Balaban J connectivity index is 0.000000300. The lowest BCUT2D eigenvalue weighted by Gasteiger charge is -2.18. The van der Waals surface area contributed by atoms with Crippen LogP contribution in [0.25, 0.3) is 0 Å². The van der Waals surface area contributed by atoms with Crippen LogP contribution in [-0.2, 0) is 9.59 Å². The van der Waals surface area contributed by atoms with Crippen molar-refractivity contribution in [3.05, 3.63) is 42.0 Å². The van der Waals surface area contributed by atoms with Crippen LogP contribution >= 0.6 is 0 Å². The first-order valence-electron chi connectivity index (χ1n) is 9.00. The summed E-state index contributed by atoms with van der Waals surface area (Å²) < 4.78 is 0. The van der Waals surface area contributed by atoms with Crippen molar-refractivity contribution in [2.75, 3.05) is 38.0 Å². The third kappa shape index (κ3) is 6.75. The third-order valence-electron chi connectivity index (χ3n) is 4.11. The molecule has 0 unspecified atom stereocenters. The number of hydrogen-bond acceptors (Lipinski definition) is 6. The molecule has 0 atom stereocenters. The van der Waals surface area contributed by atoms with E-state index in [-0.39, 0.29) is 5.91 Å². The quantitative estimate of drug-likeness (QED) is 0.536. The second-order valence-electron chi connectivity index (χ2n) is 6.16. The number of rotatable bonds is 6. The van der Waals surface area contributed by atoms with E-state index < -0.39 is 11.9 Å². The van der Waals surface area contributed by atoms with Gasteiger partial charge in [-0.1, -0.05) is 12.1 Å². The summed E-state index contributed by atoms with van der Waals surface area (Å²) in [7, 11) is 0. The summed E-state index contributed by atoms with van der Waals surface area (Å²) in [6.45, 7) is 4.14. The van der Waals surface area contributed by atoms with E-state index in [1.807, 2.05) is 29.2 Å². The van der Waals surface area contributed by atoms with Crippen molar-refractivity contribution in [1.29, 1.82) is 0 Å². The van der Waals surface area contributed by atoms with Gasteiger partial charge in [0.2, 0.25) is 0 Å². The van der Waals surface area contributed by atoms with Crippen LogP contribution in [0, 0.1) is 0 Å². The first-order valence-corrected chi connectivity index (χ1v) is 9.00. The average Bonchev–Trinajstić information content (AvgIpc) is 3.39. The highest BCUT2D eigenvalue weighted by Gasteiger charge is 2.21. The van der Waals surface area contributed by atoms with Crippen molar-refractivity contribution in [1.82, 2.24) is 10.2 Å². The molecule has 0 bridgehead atoms. The summed E-state index contributed by atoms with van der Waals surface area (Å²) in [5.41, 5.74) is 1.65. The summed E-state index contributed by atoms with van der Waals surface area (Å²) in [4.78, 5) is 37.9. The van der Waals surface area contributed by atoms with Crippen LogP contribution in [0.1, 0.15) is 23.2 Å². The Kier molecular flexibility index (Phi) is 8.01. The summed E-state index contributed by atoms with van der Waals surface area (Å²) in [5, 5.41) is 22.2. The molecule has 0 aromatic heterocycles. The fraction of sp³-hybridized carbons (Fsp3) is 0.368. The largest absolute Gasteiger partial charge is 0.478 e. The normalized spacial score (nSPS) is 15.4. The molecule has 1 aromatic carbocycles. The fourth-order valence-corrected chi connectivity index (χ4v) is 2.80. The maximum Gasteiger partial charge on any atom is 0.328 e. The van der Waals surface area contributed by atoms with Crippen LogP contribution in [0.4, 0.5) is 5.69 Å². The summed E-state index contributed by atoms with van der Waals surface area (Å²) in [6, 6.07) is 7.72. The number of aliphatic carboxylic acids is 2. The second-order valence-corrected chi connectivity index (χ2v) is 6.16. The first-order chi connectivity index (χ1) is 13.5. The van der Waals surface area contributed by atoms with Gasteiger partial charge >= 0.3 is 11.9 Å². The minimum atomic E-state index is -1.26. The second kappa shape index (κ2) is 10.7. The number of amidine groups is 1. The van der Waals surface area contributed by atoms with Crippen LogP contribution in [0.15, 0.2) is 41.4 Å². The molecule has 0 aliphatic carbocycles. The van der Waals surface area contributed by atoms with E-state index in [1.165, 1.54) is 0 Å². The molecule has 2 aliphatic rings. The van der Waals surface area contributed by atoms with Gasteiger partial charge in [0.1, 0.15) is 5.84 Å². The molecule has 28 heavy (non-hydrogen) atoms. The van der Waals surface area contributed by atoms with Gasteiger partial charge in [0.05, 0.1) is 18.7 Å². The number of carbonyl (C=O) groups excluding carboxylic acids is 1. The van der Waals surface area contributed by atoms with Gasteiger partial charge < -0.3 is 25.7 Å². The topological polar surface area (TPSA) is 131 Å². The molecule has 1 saturated heterocycles. The molecule has 4 N–H and O–H groups in total. The number of carbonyl (C=O) groups is 3. The van der Waals surface area contributed by atoms with Gasteiger partial charge in [0, 0.05) is 37.5 Å². The molecule has 1 fully saturated rings. The van der Waals surface area contributed by atoms with Crippen LogP contribution < -0.4 is 10.6 Å². The van der Waals surface area contributed by atoms with Gasteiger partial charge in [-0.15, -0.1) is 0 Å². The molecule has 2 heterocycles. The zero-order valence-corrected chi connectivity index (χ0v) is 15.4. The van der Waals surface area contributed by atoms with Crippen LogP contribution in [0.2, 0.25) is 0 Å². The minimum Gasteiger partial charge on any atom is -0.478 e. The molecular weight excluding hydrogens is 364 g/mol. The zero-order chi connectivity index (χ0) is 20.4. The van der Waals surface area contributed by atoms with Crippen molar-refractivity contribution in [2.24, 2.45) is 4.99 Å². The van der Waals surface area contributed by atoms with Crippen molar-refractivity contribution in [2.45, 2.75) is 12.8 Å². The number of anilines is 1. The Hall–Kier alpha value is -3.36. The molecule has 150 valence electrons. The number of para-hydroxylation sites is 1. The van der Waals surface area contributed by atoms with E-state index in [4.69, 9.17) is 10.2 Å². The minimum absolute atomic E-state index is 0.131. The molecule has 9 nitrogen and oxygen atoms in total. The van der Waals surface area contributed by atoms with Crippen molar-refractivity contribution >= 4 is 29.4 Å². The molecule has 0 spiro atoms. The van der Waals surface area contributed by atoms with E-state index in [2.05, 4.69) is 15.6 Å². The predicted octanol–water partition coefficient (Wildman–Crippen LogP) is 1.05. The highest BCUT2D eigenvalue weighted by molar-refractivity contribution is 6.00. The molecule has 0 saturated carbocycles. The molecule has 3 rings (SSSR count). The van der Waals surface area contributed by atoms with Crippen LogP contribution in [0.5, 0.6) is 0 Å². The van der Waals surface area contributed by atoms with Gasteiger partial charge in [0.15, 0.2) is 0 Å². The number of nitrogens with one attached hydrogen (secondary N) is 2. The lowest BCUT2D eigenvalue weighted by molar-refractivity contribution is -0.134. The van der Waals surface area contributed by atoms with Gasteiger partial charge in [0.25, 0.3) is 5.91 Å². The molecule has 9 heteroatoms. The number of benzene rings is 1. The monoisotopic (exact) mass is 388 g/mol. The number of amides is 1. The average molecular weight is 388 g/mol. The summed E-state index contributed by atoms with van der Waals surface area (Å²) in [6.07, 6.45) is 3.34. The van der Waals surface area contributed by atoms with E-state index >= 15 is 0 Å². The summed E-state index contributed by atoms with van der Waals surface area (Å²) >= 11 is 0. The lowest BCUT2D eigenvalue weighted by atomic mass is 10.1. The first kappa shape index (κ1) is 20.9. The molecule has 0 radical (unpaired) electrons. The maximum absolute atomic E-state index is 12.5. The Labute approximate surface area is 162 Å². The number of nitrogens with zero attached hydrogens (tertiary/aromatic N) is 2. The smallest absolute Gasteiger partial charge is 0.328 e. The van der Waals surface area contributed by atoms with Gasteiger partial charge in [-0.25, -0.2) is 9.59 Å². The molecule has 1 amide bonds. The Morgan fingerprint density at radius 3 is 2.32 bits per heavy atom. The maximum atomic E-state index is 12.5. The van der Waals surface area contributed by atoms with Gasteiger partial charge in [-0.2, -0.15) is 0 Å². The SMILES string of the molecule is O=C(O)C=CC(=O)O.O=C(c1ccccc1NCC1=NCCN1)N1CCCC1. The van der Waals surface area contributed by atoms with Crippen LogP contribution in [-0.4, -0.2) is 71.5 Å². The highest BCUT2D eigenvalue weighted by atomic mass is 16.4. The number of carboxylic acid groups (broad SMARTS) is 2. The molecule has 1 aromatic rings. The van der Waals surface area contributed by atoms with Gasteiger partial charge in [-0.05, 0) is 25.0 Å². The molecule has 2 aliphatic heterocycles.